The summed E-state index contributed by atoms with van der Waals surface area (Å²) in [6.45, 7) is 2.85. The molecule has 0 bridgehead atoms. The Labute approximate surface area is 164 Å². The molecule has 4 rings (SSSR count). The fraction of sp³-hybridized carbons (Fsp3) is 0.500. The van der Waals surface area contributed by atoms with E-state index in [9.17, 15) is 10.2 Å². The summed E-state index contributed by atoms with van der Waals surface area (Å²) in [5.74, 6) is 0.722. The molecule has 0 radical (unpaired) electrons. The van der Waals surface area contributed by atoms with E-state index < -0.39 is 5.60 Å². The van der Waals surface area contributed by atoms with Gasteiger partial charge in [0.15, 0.2) is 5.82 Å². The molecule has 1 aliphatic carbocycles. The second-order valence-electron chi connectivity index (χ2n) is 7.99. The minimum absolute atomic E-state index is 0.0924. The van der Waals surface area contributed by atoms with Gasteiger partial charge in [0, 0.05) is 24.3 Å². The lowest BCUT2D eigenvalue weighted by Crippen LogP contribution is -2.30. The van der Waals surface area contributed by atoms with Crippen LogP contribution < -0.4 is 10.6 Å². The molecule has 0 amide bonds. The Morgan fingerprint density at radius 1 is 1.30 bits per heavy atom. The number of aromatic nitrogens is 2. The molecule has 1 unspecified atom stereocenters. The third-order valence-corrected chi connectivity index (χ3v) is 6.34. The Kier molecular flexibility index (Phi) is 4.53. The lowest BCUT2D eigenvalue weighted by Gasteiger charge is -2.25. The Morgan fingerprint density at radius 2 is 2.04 bits per heavy atom. The first kappa shape index (κ1) is 18.5. The number of hydrogen-bond donors (Lipinski definition) is 3. The standard InChI is InChI=1S/C20H25ClN4O2/c1-19(8-9-26)12-25(17-15(21)11-23-18(22)24-17)16-10-13(4-5-14(16)19)20(27)6-2-3-7-20/h4-5,10-11,26-27H,2-3,6-9,12H2,1H3,(H2,22,23,24). The fourth-order valence-corrected chi connectivity index (χ4v) is 4.73. The fourth-order valence-electron chi connectivity index (χ4n) is 4.53. The van der Waals surface area contributed by atoms with Crippen molar-refractivity contribution in [1.29, 1.82) is 0 Å². The maximum atomic E-state index is 11.1. The Morgan fingerprint density at radius 3 is 2.74 bits per heavy atom. The molecule has 4 N–H and O–H groups in total. The minimum Gasteiger partial charge on any atom is -0.396 e. The van der Waals surface area contributed by atoms with Crippen LogP contribution in [-0.4, -0.2) is 33.3 Å². The molecule has 2 heterocycles. The van der Waals surface area contributed by atoms with Gasteiger partial charge in [-0.1, -0.05) is 43.5 Å². The Balaban J connectivity index is 1.85. The number of rotatable bonds is 4. The maximum Gasteiger partial charge on any atom is 0.222 e. The number of aliphatic hydroxyl groups is 2. The number of aliphatic hydroxyl groups excluding tert-OH is 1. The molecule has 1 saturated carbocycles. The molecule has 0 spiro atoms. The second kappa shape index (κ2) is 6.62. The van der Waals surface area contributed by atoms with Gasteiger partial charge in [-0.05, 0) is 36.5 Å². The summed E-state index contributed by atoms with van der Waals surface area (Å²) in [4.78, 5) is 10.4. The minimum atomic E-state index is -0.773. The molecule has 1 aromatic carbocycles. The zero-order valence-corrected chi connectivity index (χ0v) is 16.2. The van der Waals surface area contributed by atoms with Gasteiger partial charge in [0.2, 0.25) is 5.95 Å². The van der Waals surface area contributed by atoms with Gasteiger partial charge in [-0.25, -0.2) is 4.98 Å². The molecule has 1 atom stereocenters. The lowest BCUT2D eigenvalue weighted by molar-refractivity contribution is 0.0445. The van der Waals surface area contributed by atoms with Crippen molar-refractivity contribution in [3.63, 3.8) is 0 Å². The average molecular weight is 389 g/mol. The van der Waals surface area contributed by atoms with Crippen LogP contribution in [0.1, 0.15) is 50.2 Å². The van der Waals surface area contributed by atoms with E-state index in [1.807, 2.05) is 11.0 Å². The molecule has 27 heavy (non-hydrogen) atoms. The van der Waals surface area contributed by atoms with Crippen LogP contribution in [0.4, 0.5) is 17.5 Å². The molecule has 2 aliphatic rings. The molecule has 7 heteroatoms. The summed E-state index contributed by atoms with van der Waals surface area (Å²) in [6.07, 6.45) is 5.76. The molecule has 2 aromatic rings. The zero-order valence-electron chi connectivity index (χ0n) is 15.5. The van der Waals surface area contributed by atoms with Gasteiger partial charge in [0.25, 0.3) is 0 Å². The van der Waals surface area contributed by atoms with Crippen molar-refractivity contribution in [2.45, 2.75) is 50.0 Å². The van der Waals surface area contributed by atoms with E-state index in [1.54, 1.807) is 0 Å². The molecule has 6 nitrogen and oxygen atoms in total. The van der Waals surface area contributed by atoms with Crippen molar-refractivity contribution in [2.75, 3.05) is 23.8 Å². The number of benzene rings is 1. The van der Waals surface area contributed by atoms with Crippen molar-refractivity contribution < 1.29 is 10.2 Å². The van der Waals surface area contributed by atoms with Crippen molar-refractivity contribution in [2.24, 2.45) is 0 Å². The quantitative estimate of drug-likeness (QED) is 0.744. The summed E-state index contributed by atoms with van der Waals surface area (Å²) in [7, 11) is 0. The normalized spacial score (nSPS) is 23.6. The summed E-state index contributed by atoms with van der Waals surface area (Å²) >= 11 is 6.39. The number of fused-ring (bicyclic) bond motifs is 1. The topological polar surface area (TPSA) is 95.5 Å². The van der Waals surface area contributed by atoms with Crippen molar-refractivity contribution in [1.82, 2.24) is 9.97 Å². The molecule has 0 saturated heterocycles. The Bertz CT molecular complexity index is 869. The number of halogens is 1. The van der Waals surface area contributed by atoms with E-state index >= 15 is 0 Å². The zero-order chi connectivity index (χ0) is 19.2. The third kappa shape index (κ3) is 3.06. The highest BCUT2D eigenvalue weighted by Crippen LogP contribution is 2.49. The third-order valence-electron chi connectivity index (χ3n) is 6.08. The highest BCUT2D eigenvalue weighted by Gasteiger charge is 2.42. The summed E-state index contributed by atoms with van der Waals surface area (Å²) < 4.78 is 0. The van der Waals surface area contributed by atoms with Crippen molar-refractivity contribution in [3.05, 3.63) is 40.5 Å². The van der Waals surface area contributed by atoms with Crippen LogP contribution in [0, 0.1) is 0 Å². The first-order chi connectivity index (χ1) is 12.9. The van der Waals surface area contributed by atoms with E-state index in [-0.39, 0.29) is 18.0 Å². The van der Waals surface area contributed by atoms with Gasteiger partial charge < -0.3 is 20.8 Å². The predicted molar refractivity (Wildman–Crippen MR) is 106 cm³/mol. The number of hydrogen-bond acceptors (Lipinski definition) is 6. The van der Waals surface area contributed by atoms with Crippen LogP contribution in [0.15, 0.2) is 24.4 Å². The number of nitrogen functional groups attached to an aromatic ring is 1. The predicted octanol–water partition coefficient (Wildman–Crippen LogP) is 3.27. The van der Waals surface area contributed by atoms with E-state index in [4.69, 9.17) is 17.3 Å². The molecule has 1 fully saturated rings. The summed E-state index contributed by atoms with van der Waals surface area (Å²) in [5, 5.41) is 21.1. The Hall–Kier alpha value is -1.89. The number of anilines is 3. The van der Waals surface area contributed by atoms with Gasteiger partial charge in [0.05, 0.1) is 11.8 Å². The van der Waals surface area contributed by atoms with Crippen LogP contribution >= 0.6 is 11.6 Å². The molecular weight excluding hydrogens is 364 g/mol. The van der Waals surface area contributed by atoms with Gasteiger partial charge in [-0.15, -0.1) is 0 Å². The van der Waals surface area contributed by atoms with Gasteiger partial charge >= 0.3 is 0 Å². The molecular formula is C20H25ClN4O2. The van der Waals surface area contributed by atoms with Crippen LogP contribution in [0.3, 0.4) is 0 Å². The summed E-state index contributed by atoms with van der Waals surface area (Å²) in [6, 6.07) is 6.16. The maximum absolute atomic E-state index is 11.1. The smallest absolute Gasteiger partial charge is 0.222 e. The monoisotopic (exact) mass is 388 g/mol. The van der Waals surface area contributed by atoms with Crippen LogP contribution in [0.2, 0.25) is 5.02 Å². The van der Waals surface area contributed by atoms with Gasteiger partial charge in [0.1, 0.15) is 5.02 Å². The largest absolute Gasteiger partial charge is 0.396 e. The molecule has 1 aromatic heterocycles. The average Bonchev–Trinajstić information content (AvgIpc) is 3.20. The van der Waals surface area contributed by atoms with Crippen LogP contribution in [0.5, 0.6) is 0 Å². The van der Waals surface area contributed by atoms with Gasteiger partial charge in [-0.2, -0.15) is 4.98 Å². The van der Waals surface area contributed by atoms with Crippen LogP contribution in [0.25, 0.3) is 0 Å². The number of nitrogens with zero attached hydrogens (tertiary/aromatic N) is 3. The second-order valence-corrected chi connectivity index (χ2v) is 8.40. The molecule has 1 aliphatic heterocycles. The SMILES string of the molecule is CC1(CCO)CN(c2nc(N)ncc2Cl)c2cc(C3(O)CCCC3)ccc21. The molecule has 144 valence electrons. The summed E-state index contributed by atoms with van der Waals surface area (Å²) in [5.41, 5.74) is 7.79. The highest BCUT2D eigenvalue weighted by atomic mass is 35.5. The van der Waals surface area contributed by atoms with Crippen molar-refractivity contribution >= 4 is 29.1 Å². The van der Waals surface area contributed by atoms with Gasteiger partial charge in [-0.3, -0.25) is 0 Å². The van der Waals surface area contributed by atoms with Crippen molar-refractivity contribution in [3.8, 4) is 0 Å². The van der Waals surface area contributed by atoms with E-state index in [0.717, 1.165) is 42.5 Å². The lowest BCUT2D eigenvalue weighted by atomic mass is 9.80. The van der Waals surface area contributed by atoms with E-state index in [2.05, 4.69) is 29.0 Å². The number of nitrogens with two attached hydrogens (primary N) is 1. The van der Waals surface area contributed by atoms with E-state index in [0.29, 0.717) is 23.8 Å². The highest BCUT2D eigenvalue weighted by molar-refractivity contribution is 6.33. The first-order valence-electron chi connectivity index (χ1n) is 9.40. The van der Waals surface area contributed by atoms with E-state index in [1.165, 1.54) is 6.20 Å². The first-order valence-corrected chi connectivity index (χ1v) is 9.78. The van der Waals surface area contributed by atoms with Crippen LogP contribution in [-0.2, 0) is 11.0 Å².